The summed E-state index contributed by atoms with van der Waals surface area (Å²) < 4.78 is 1.86. The third-order valence-electron chi connectivity index (χ3n) is 5.50. The van der Waals surface area contributed by atoms with Crippen molar-refractivity contribution >= 4 is 39.5 Å². The number of benzene rings is 3. The summed E-state index contributed by atoms with van der Waals surface area (Å²) in [7, 11) is 0. The Morgan fingerprint density at radius 3 is 2.56 bits per heavy atom. The van der Waals surface area contributed by atoms with Gasteiger partial charge >= 0.3 is 5.97 Å². The third kappa shape index (κ3) is 3.72. The Labute approximate surface area is 183 Å². The molecule has 0 saturated carbocycles. The van der Waals surface area contributed by atoms with Crippen LogP contribution in [0.15, 0.2) is 85.2 Å². The second-order valence-corrected chi connectivity index (χ2v) is 7.60. The highest BCUT2D eigenvalue weighted by Crippen LogP contribution is 2.28. The first-order chi connectivity index (χ1) is 15.6. The predicted octanol–water partition coefficient (Wildman–Crippen LogP) is 4.83. The molecule has 0 aliphatic rings. The molecule has 1 atom stereocenters. The van der Waals surface area contributed by atoms with Gasteiger partial charge in [-0.05, 0) is 35.9 Å². The minimum atomic E-state index is -0.886. The molecular formula is C25H20N4O3. The number of aromatic amines is 1. The zero-order chi connectivity index (χ0) is 22.1. The fourth-order valence-corrected chi connectivity index (χ4v) is 3.97. The van der Waals surface area contributed by atoms with E-state index in [4.69, 9.17) is 0 Å². The van der Waals surface area contributed by atoms with Crippen LogP contribution in [0.3, 0.4) is 0 Å². The van der Waals surface area contributed by atoms with Gasteiger partial charge in [-0.3, -0.25) is 9.59 Å². The normalized spacial score (nSPS) is 12.1. The summed E-state index contributed by atoms with van der Waals surface area (Å²) in [6.07, 6.45) is 1.59. The molecule has 0 spiro atoms. The summed E-state index contributed by atoms with van der Waals surface area (Å²) >= 11 is 0. The van der Waals surface area contributed by atoms with Crippen LogP contribution in [0.25, 0.3) is 21.9 Å². The number of carbonyl (C=O) groups is 2. The number of aliphatic carboxylic acids is 1. The molecule has 0 aliphatic heterocycles. The van der Waals surface area contributed by atoms with Crippen molar-refractivity contribution in [1.29, 1.82) is 0 Å². The molecule has 32 heavy (non-hydrogen) atoms. The molecule has 0 bridgehead atoms. The van der Waals surface area contributed by atoms with E-state index >= 15 is 0 Å². The number of amides is 1. The molecule has 3 aromatic carbocycles. The van der Waals surface area contributed by atoms with Crippen LogP contribution in [0.2, 0.25) is 0 Å². The first-order valence-corrected chi connectivity index (χ1v) is 10.2. The predicted molar refractivity (Wildman–Crippen MR) is 123 cm³/mol. The molecule has 0 saturated heterocycles. The lowest BCUT2D eigenvalue weighted by Gasteiger charge is -2.18. The number of aromatic nitrogens is 3. The molecule has 1 unspecified atom stereocenters. The molecule has 7 nitrogen and oxygen atoms in total. The molecule has 0 radical (unpaired) electrons. The zero-order valence-electron chi connectivity index (χ0n) is 17.0. The lowest BCUT2D eigenvalue weighted by molar-refractivity contribution is -0.137. The summed E-state index contributed by atoms with van der Waals surface area (Å²) in [5.41, 5.74) is 4.35. The number of nitrogens with zero attached hydrogens (tertiary/aromatic N) is 2. The highest BCUT2D eigenvalue weighted by Gasteiger charge is 2.20. The van der Waals surface area contributed by atoms with E-state index in [9.17, 15) is 14.7 Å². The number of anilines is 1. The number of carboxylic acids is 1. The molecule has 158 valence electrons. The van der Waals surface area contributed by atoms with E-state index in [0.29, 0.717) is 16.9 Å². The van der Waals surface area contributed by atoms with Gasteiger partial charge in [-0.1, -0.05) is 48.5 Å². The number of para-hydroxylation sites is 1. The van der Waals surface area contributed by atoms with Crippen LogP contribution < -0.4 is 5.32 Å². The summed E-state index contributed by atoms with van der Waals surface area (Å²) in [5, 5.41) is 13.3. The van der Waals surface area contributed by atoms with Crippen LogP contribution in [0.5, 0.6) is 0 Å². The van der Waals surface area contributed by atoms with Crippen molar-refractivity contribution in [3.8, 4) is 0 Å². The largest absolute Gasteiger partial charge is 0.481 e. The molecule has 5 rings (SSSR count). The van der Waals surface area contributed by atoms with Crippen LogP contribution in [-0.4, -0.2) is 31.5 Å². The van der Waals surface area contributed by atoms with Crippen LogP contribution in [-0.2, 0) is 4.79 Å². The van der Waals surface area contributed by atoms with Crippen LogP contribution >= 0.6 is 0 Å². The quantitative estimate of drug-likeness (QED) is 0.363. The van der Waals surface area contributed by atoms with Gasteiger partial charge < -0.3 is 20.0 Å². The van der Waals surface area contributed by atoms with Gasteiger partial charge in [0.15, 0.2) is 0 Å². The maximum absolute atomic E-state index is 12.7. The molecule has 5 aromatic rings. The Bertz CT molecular complexity index is 1400. The van der Waals surface area contributed by atoms with Gasteiger partial charge in [0.1, 0.15) is 5.69 Å². The molecule has 1 amide bonds. The first-order valence-electron chi connectivity index (χ1n) is 10.2. The van der Waals surface area contributed by atoms with Crippen molar-refractivity contribution in [2.24, 2.45) is 0 Å². The summed E-state index contributed by atoms with van der Waals surface area (Å²) in [5.74, 6) is -1.13. The van der Waals surface area contributed by atoms with Gasteiger partial charge in [-0.25, -0.2) is 4.98 Å². The fourth-order valence-electron chi connectivity index (χ4n) is 3.97. The summed E-state index contributed by atoms with van der Waals surface area (Å²) in [4.78, 5) is 31.8. The van der Waals surface area contributed by atoms with Crippen molar-refractivity contribution in [2.45, 2.75) is 12.5 Å². The number of rotatable bonds is 6. The van der Waals surface area contributed by atoms with E-state index in [1.54, 1.807) is 18.5 Å². The van der Waals surface area contributed by atoms with Gasteiger partial charge in [0.2, 0.25) is 0 Å². The maximum atomic E-state index is 12.7. The summed E-state index contributed by atoms with van der Waals surface area (Å²) in [6, 6.07) is 24.1. The van der Waals surface area contributed by atoms with Crippen molar-refractivity contribution in [3.63, 3.8) is 0 Å². The van der Waals surface area contributed by atoms with Crippen molar-refractivity contribution < 1.29 is 14.7 Å². The Morgan fingerprint density at radius 2 is 1.78 bits per heavy atom. The lowest BCUT2D eigenvalue weighted by atomic mass is 10.0. The average molecular weight is 424 g/mol. The van der Waals surface area contributed by atoms with Gasteiger partial charge in [0.25, 0.3) is 5.91 Å². The number of H-pyrrole nitrogens is 1. The minimum Gasteiger partial charge on any atom is -0.481 e. The highest BCUT2D eigenvalue weighted by molar-refractivity contribution is 6.06. The van der Waals surface area contributed by atoms with Gasteiger partial charge in [-0.2, -0.15) is 0 Å². The number of imidazole rings is 1. The highest BCUT2D eigenvalue weighted by atomic mass is 16.4. The molecule has 2 heterocycles. The minimum absolute atomic E-state index is 0.0612. The van der Waals surface area contributed by atoms with Crippen LogP contribution in [0, 0.1) is 0 Å². The van der Waals surface area contributed by atoms with E-state index in [0.717, 1.165) is 22.0 Å². The number of fused-ring (bicyclic) bond motifs is 2. The van der Waals surface area contributed by atoms with Gasteiger partial charge in [0, 0.05) is 16.6 Å². The number of hydrogen-bond acceptors (Lipinski definition) is 3. The van der Waals surface area contributed by atoms with E-state index in [-0.39, 0.29) is 18.4 Å². The summed E-state index contributed by atoms with van der Waals surface area (Å²) in [6.45, 7) is 0. The fraction of sp³-hybridized carbons (Fsp3) is 0.0800. The molecule has 3 N–H and O–H groups in total. The standard InChI is InChI=1S/C25H20N4O3/c30-24(31)14-23(16-6-2-1-3-7-16)29-15-26-20-13-18(10-11-22(20)29)27-25(32)21-12-17-8-4-5-9-19(17)28-21/h1-13,15,23,28H,14H2,(H,27,32)(H,30,31). The number of carboxylic acid groups (broad SMARTS) is 1. The van der Waals surface area contributed by atoms with Crippen LogP contribution in [0.1, 0.15) is 28.5 Å². The van der Waals surface area contributed by atoms with Crippen molar-refractivity contribution in [2.75, 3.05) is 5.32 Å². The second-order valence-electron chi connectivity index (χ2n) is 7.60. The number of carbonyl (C=O) groups excluding carboxylic acids is 1. The van der Waals surface area contributed by atoms with Gasteiger partial charge in [-0.15, -0.1) is 0 Å². The lowest BCUT2D eigenvalue weighted by Crippen LogP contribution is -2.14. The van der Waals surface area contributed by atoms with E-state index < -0.39 is 5.97 Å². The van der Waals surface area contributed by atoms with Crippen molar-refractivity contribution in [3.05, 3.63) is 96.4 Å². The third-order valence-corrected chi connectivity index (χ3v) is 5.50. The SMILES string of the molecule is O=C(O)CC(c1ccccc1)n1cnc2cc(NC(=O)c3cc4ccccc4[nH]3)ccc21. The molecular weight excluding hydrogens is 404 g/mol. The number of nitrogens with one attached hydrogen (secondary N) is 2. The topological polar surface area (TPSA) is 100 Å². The molecule has 0 aliphatic carbocycles. The first kappa shape index (κ1) is 19.6. The van der Waals surface area contributed by atoms with E-state index in [1.165, 1.54) is 0 Å². The van der Waals surface area contributed by atoms with Gasteiger partial charge in [0.05, 0.1) is 29.8 Å². The molecule has 7 heteroatoms. The molecule has 0 fully saturated rings. The smallest absolute Gasteiger partial charge is 0.305 e. The average Bonchev–Trinajstić information content (AvgIpc) is 3.42. The van der Waals surface area contributed by atoms with E-state index in [1.807, 2.05) is 71.3 Å². The second kappa shape index (κ2) is 8.03. The molecule has 2 aromatic heterocycles. The number of hydrogen-bond donors (Lipinski definition) is 3. The maximum Gasteiger partial charge on any atom is 0.305 e. The van der Waals surface area contributed by atoms with E-state index in [2.05, 4.69) is 15.3 Å². The Balaban J connectivity index is 1.44. The Hall–Kier alpha value is -4.39. The van der Waals surface area contributed by atoms with Crippen molar-refractivity contribution in [1.82, 2.24) is 14.5 Å². The Kier molecular flexibility index (Phi) is 4.91. The monoisotopic (exact) mass is 424 g/mol. The Morgan fingerprint density at radius 1 is 1.00 bits per heavy atom. The zero-order valence-corrected chi connectivity index (χ0v) is 17.0. The van der Waals surface area contributed by atoms with Crippen LogP contribution in [0.4, 0.5) is 5.69 Å².